The molecule has 0 amide bonds. The van der Waals surface area contributed by atoms with Crippen molar-refractivity contribution in [1.29, 1.82) is 0 Å². The Morgan fingerprint density at radius 1 is 1.32 bits per heavy atom. The van der Waals surface area contributed by atoms with Crippen LogP contribution in [0.2, 0.25) is 10.0 Å². The van der Waals surface area contributed by atoms with Crippen LogP contribution in [-0.4, -0.2) is 46.1 Å². The largest absolute Gasteiger partial charge is 0.382 e. The zero-order chi connectivity index (χ0) is 17.7. The van der Waals surface area contributed by atoms with Gasteiger partial charge in [-0.05, 0) is 50.5 Å². The van der Waals surface area contributed by atoms with Gasteiger partial charge in [0, 0.05) is 22.2 Å². The Balaban J connectivity index is 1.73. The molecule has 0 spiro atoms. The molecule has 1 aliphatic rings. The summed E-state index contributed by atoms with van der Waals surface area (Å²) in [5.41, 5.74) is -0.575. The predicted octanol–water partition coefficient (Wildman–Crippen LogP) is 2.06. The molecule has 1 saturated heterocycles. The molecule has 25 heavy (non-hydrogen) atoms. The first-order valence-electron chi connectivity index (χ1n) is 8.48. The quantitative estimate of drug-likeness (QED) is 0.682. The fourth-order valence-corrected chi connectivity index (χ4v) is 3.84. The van der Waals surface area contributed by atoms with Crippen molar-refractivity contribution in [3.05, 3.63) is 46.5 Å². The highest BCUT2D eigenvalue weighted by Crippen LogP contribution is 2.31. The summed E-state index contributed by atoms with van der Waals surface area (Å²) in [5, 5.41) is 23.2. The lowest BCUT2D eigenvalue weighted by molar-refractivity contribution is 0.0145. The van der Waals surface area contributed by atoms with E-state index in [1.807, 2.05) is 0 Å². The smallest absolute Gasteiger partial charge is 0.137 e. The molecule has 0 saturated carbocycles. The van der Waals surface area contributed by atoms with Gasteiger partial charge in [0.2, 0.25) is 0 Å². The van der Waals surface area contributed by atoms with E-state index in [1.54, 1.807) is 29.2 Å². The topological polar surface area (TPSA) is 75.0 Å². The second-order valence-electron chi connectivity index (χ2n) is 6.57. The molecule has 1 aliphatic heterocycles. The van der Waals surface area contributed by atoms with E-state index >= 15 is 0 Å². The molecule has 1 atom stereocenters. The van der Waals surface area contributed by atoms with Crippen molar-refractivity contribution in [1.82, 2.24) is 25.4 Å². The van der Waals surface area contributed by atoms with Crippen LogP contribution in [0.1, 0.15) is 18.4 Å². The van der Waals surface area contributed by atoms with Crippen LogP contribution in [0.25, 0.3) is 0 Å². The molecule has 136 valence electrons. The van der Waals surface area contributed by atoms with Crippen molar-refractivity contribution in [2.75, 3.05) is 26.2 Å². The highest BCUT2D eigenvalue weighted by atomic mass is 35.5. The third-order valence-corrected chi connectivity index (χ3v) is 5.18. The summed E-state index contributed by atoms with van der Waals surface area (Å²) in [7, 11) is 0. The maximum atomic E-state index is 11.4. The highest BCUT2D eigenvalue weighted by Gasteiger charge is 2.32. The number of nitrogens with one attached hydrogen (secondary N) is 2. The molecule has 1 aromatic carbocycles. The zero-order valence-corrected chi connectivity index (χ0v) is 15.5. The molecule has 6 nitrogen and oxygen atoms in total. The molecule has 8 heteroatoms. The van der Waals surface area contributed by atoms with Gasteiger partial charge in [0.05, 0.1) is 6.54 Å². The van der Waals surface area contributed by atoms with E-state index in [0.717, 1.165) is 32.5 Å². The van der Waals surface area contributed by atoms with E-state index in [-0.39, 0.29) is 6.54 Å². The van der Waals surface area contributed by atoms with Crippen LogP contribution in [0.15, 0.2) is 30.9 Å². The minimum Gasteiger partial charge on any atom is -0.382 e. The summed E-state index contributed by atoms with van der Waals surface area (Å²) < 4.78 is 1.61. The second kappa shape index (κ2) is 8.47. The van der Waals surface area contributed by atoms with E-state index in [9.17, 15) is 5.11 Å². The molecule has 3 N–H and O–H groups in total. The lowest BCUT2D eigenvalue weighted by atomic mass is 9.92. The minimum absolute atomic E-state index is 0.258. The molecule has 0 aliphatic carbocycles. The van der Waals surface area contributed by atoms with Gasteiger partial charge in [-0.25, -0.2) is 9.67 Å². The van der Waals surface area contributed by atoms with Crippen molar-refractivity contribution < 1.29 is 5.11 Å². The van der Waals surface area contributed by atoms with Gasteiger partial charge in [-0.2, -0.15) is 5.10 Å². The summed E-state index contributed by atoms with van der Waals surface area (Å²) >= 11 is 12.4. The SMILES string of the molecule is OC(CNCC1CCNCC1)(Cn1cncn1)c1ccc(Cl)cc1Cl. The molecule has 1 unspecified atom stereocenters. The first kappa shape index (κ1) is 18.6. The van der Waals surface area contributed by atoms with Gasteiger partial charge in [-0.1, -0.05) is 29.3 Å². The Labute approximate surface area is 157 Å². The van der Waals surface area contributed by atoms with Crippen LogP contribution in [0, 0.1) is 5.92 Å². The van der Waals surface area contributed by atoms with E-state index in [0.29, 0.717) is 28.1 Å². The Kier molecular flexibility index (Phi) is 6.30. The first-order chi connectivity index (χ1) is 12.1. The number of piperidine rings is 1. The van der Waals surface area contributed by atoms with E-state index in [4.69, 9.17) is 23.2 Å². The van der Waals surface area contributed by atoms with Crippen LogP contribution in [-0.2, 0) is 12.1 Å². The normalized spacial score (nSPS) is 18.2. The Bertz CT molecular complexity index is 676. The van der Waals surface area contributed by atoms with Gasteiger partial charge >= 0.3 is 0 Å². The molecule has 2 aromatic rings. The lowest BCUT2D eigenvalue weighted by Gasteiger charge is -2.31. The number of aromatic nitrogens is 3. The maximum absolute atomic E-state index is 11.4. The second-order valence-corrected chi connectivity index (χ2v) is 7.42. The molecule has 1 aromatic heterocycles. The Morgan fingerprint density at radius 3 is 2.80 bits per heavy atom. The zero-order valence-electron chi connectivity index (χ0n) is 14.0. The summed E-state index contributed by atoms with van der Waals surface area (Å²) in [4.78, 5) is 3.95. The fourth-order valence-electron chi connectivity index (χ4n) is 3.25. The van der Waals surface area contributed by atoms with E-state index < -0.39 is 5.60 Å². The van der Waals surface area contributed by atoms with E-state index in [1.165, 1.54) is 6.33 Å². The average Bonchev–Trinajstić information content (AvgIpc) is 3.08. The predicted molar refractivity (Wildman–Crippen MR) is 98.8 cm³/mol. The number of hydrogen-bond donors (Lipinski definition) is 3. The Morgan fingerprint density at radius 2 is 2.12 bits per heavy atom. The van der Waals surface area contributed by atoms with Crippen molar-refractivity contribution in [3.8, 4) is 0 Å². The summed E-state index contributed by atoms with van der Waals surface area (Å²) in [6.07, 6.45) is 5.33. The standard InChI is InChI=1S/C17H23Cl2N5O/c18-14-1-2-15(16(19)7-14)17(25,10-24-12-22-11-23-24)9-21-8-13-3-5-20-6-4-13/h1-2,7,11-13,20-21,25H,3-6,8-10H2. The maximum Gasteiger partial charge on any atom is 0.137 e. The number of rotatable bonds is 7. The fraction of sp³-hybridized carbons (Fsp3) is 0.529. The molecular weight excluding hydrogens is 361 g/mol. The summed E-state index contributed by atoms with van der Waals surface area (Å²) in [6.45, 7) is 3.61. The number of benzene rings is 1. The van der Waals surface area contributed by atoms with Gasteiger partial charge in [0.15, 0.2) is 0 Å². The van der Waals surface area contributed by atoms with E-state index in [2.05, 4.69) is 20.7 Å². The third kappa shape index (κ3) is 4.92. The minimum atomic E-state index is -1.21. The molecular formula is C17H23Cl2N5O. The van der Waals surface area contributed by atoms with Crippen LogP contribution in [0.3, 0.4) is 0 Å². The van der Waals surface area contributed by atoms with Crippen LogP contribution >= 0.6 is 23.2 Å². The van der Waals surface area contributed by atoms with Crippen LogP contribution in [0.4, 0.5) is 0 Å². The number of halogens is 2. The van der Waals surface area contributed by atoms with Gasteiger partial charge < -0.3 is 15.7 Å². The van der Waals surface area contributed by atoms with Crippen molar-refractivity contribution in [2.24, 2.45) is 5.92 Å². The molecule has 1 fully saturated rings. The van der Waals surface area contributed by atoms with Crippen molar-refractivity contribution >= 4 is 23.2 Å². The lowest BCUT2D eigenvalue weighted by Crippen LogP contribution is -2.44. The first-order valence-corrected chi connectivity index (χ1v) is 9.24. The number of aliphatic hydroxyl groups is 1. The Hall–Kier alpha value is -1.18. The molecule has 2 heterocycles. The number of nitrogens with zero attached hydrogens (tertiary/aromatic N) is 3. The molecule has 3 rings (SSSR count). The molecule has 0 bridgehead atoms. The van der Waals surface area contributed by atoms with Crippen molar-refractivity contribution in [3.63, 3.8) is 0 Å². The monoisotopic (exact) mass is 383 g/mol. The van der Waals surface area contributed by atoms with Gasteiger partial charge in [0.25, 0.3) is 0 Å². The number of hydrogen-bond acceptors (Lipinski definition) is 5. The van der Waals surface area contributed by atoms with Crippen LogP contribution < -0.4 is 10.6 Å². The van der Waals surface area contributed by atoms with Gasteiger partial charge in [-0.15, -0.1) is 0 Å². The van der Waals surface area contributed by atoms with Gasteiger partial charge in [0.1, 0.15) is 18.3 Å². The van der Waals surface area contributed by atoms with Crippen molar-refractivity contribution in [2.45, 2.75) is 25.0 Å². The summed E-state index contributed by atoms with van der Waals surface area (Å²) in [5.74, 6) is 0.623. The van der Waals surface area contributed by atoms with Crippen LogP contribution in [0.5, 0.6) is 0 Å². The molecule has 0 radical (unpaired) electrons. The highest BCUT2D eigenvalue weighted by molar-refractivity contribution is 6.35. The summed E-state index contributed by atoms with van der Waals surface area (Å²) in [6, 6.07) is 5.16. The van der Waals surface area contributed by atoms with Gasteiger partial charge in [-0.3, -0.25) is 0 Å². The average molecular weight is 384 g/mol. The third-order valence-electron chi connectivity index (χ3n) is 4.63.